The zero-order valence-corrected chi connectivity index (χ0v) is 11.7. The van der Waals surface area contributed by atoms with Gasteiger partial charge in [0.1, 0.15) is 12.2 Å². The fourth-order valence-electron chi connectivity index (χ4n) is 1.71. The Labute approximate surface area is 113 Å². The largest absolute Gasteiger partial charge is 0.496 e. The van der Waals surface area contributed by atoms with Crippen LogP contribution in [0.15, 0.2) is 18.2 Å². The number of rotatable bonds is 5. The van der Waals surface area contributed by atoms with Crippen LogP contribution < -0.4 is 4.74 Å². The second-order valence-corrected chi connectivity index (χ2v) is 4.32. The van der Waals surface area contributed by atoms with Crippen molar-refractivity contribution in [2.75, 3.05) is 21.3 Å². The van der Waals surface area contributed by atoms with Crippen molar-refractivity contribution in [3.63, 3.8) is 0 Å². The van der Waals surface area contributed by atoms with Crippen molar-refractivity contribution >= 4 is 11.9 Å². The maximum absolute atomic E-state index is 11.8. The van der Waals surface area contributed by atoms with E-state index >= 15 is 0 Å². The molecule has 19 heavy (non-hydrogen) atoms. The molecule has 1 aromatic rings. The highest BCUT2D eigenvalue weighted by molar-refractivity contribution is 5.94. The first kappa shape index (κ1) is 15.0. The van der Waals surface area contributed by atoms with E-state index in [-0.39, 0.29) is 12.3 Å². The molecule has 0 aliphatic heterocycles. The first-order valence-corrected chi connectivity index (χ1v) is 5.92. The van der Waals surface area contributed by atoms with Crippen LogP contribution in [0, 0.1) is 6.92 Å². The number of nitrogens with zero attached hydrogens (tertiary/aromatic N) is 1. The van der Waals surface area contributed by atoms with Crippen LogP contribution in [-0.4, -0.2) is 38.0 Å². The van der Waals surface area contributed by atoms with E-state index in [0.29, 0.717) is 6.54 Å². The van der Waals surface area contributed by atoms with Crippen molar-refractivity contribution in [3.8, 4) is 5.75 Å². The van der Waals surface area contributed by atoms with E-state index in [1.165, 1.54) is 12.0 Å². The van der Waals surface area contributed by atoms with Gasteiger partial charge in [0.2, 0.25) is 5.91 Å². The van der Waals surface area contributed by atoms with Crippen LogP contribution in [0.3, 0.4) is 0 Å². The van der Waals surface area contributed by atoms with Crippen LogP contribution >= 0.6 is 0 Å². The second kappa shape index (κ2) is 6.78. The minimum absolute atomic E-state index is 0.249. The quantitative estimate of drug-likeness (QED) is 0.598. The minimum atomic E-state index is -0.534. The molecule has 0 bridgehead atoms. The van der Waals surface area contributed by atoms with E-state index in [1.807, 2.05) is 25.1 Å². The Morgan fingerprint density at radius 1 is 1.26 bits per heavy atom. The van der Waals surface area contributed by atoms with Gasteiger partial charge in [-0.05, 0) is 13.0 Å². The maximum Gasteiger partial charge on any atom is 0.315 e. The molecule has 1 amide bonds. The third kappa shape index (κ3) is 4.28. The van der Waals surface area contributed by atoms with Crippen molar-refractivity contribution in [1.29, 1.82) is 0 Å². The maximum atomic E-state index is 11.8. The molecule has 0 heterocycles. The average molecular weight is 265 g/mol. The molecular formula is C14H19NO4. The van der Waals surface area contributed by atoms with Crippen molar-refractivity contribution in [2.24, 2.45) is 0 Å². The number of aryl methyl sites for hydroxylation is 1. The van der Waals surface area contributed by atoms with Crippen LogP contribution in [-0.2, 0) is 20.9 Å². The number of esters is 1. The van der Waals surface area contributed by atoms with E-state index in [9.17, 15) is 9.59 Å². The lowest BCUT2D eigenvalue weighted by atomic mass is 10.1. The molecule has 5 nitrogen and oxygen atoms in total. The Morgan fingerprint density at radius 2 is 1.95 bits per heavy atom. The molecule has 0 saturated carbocycles. The van der Waals surface area contributed by atoms with Gasteiger partial charge >= 0.3 is 5.97 Å². The number of ether oxygens (including phenoxy) is 2. The Morgan fingerprint density at radius 3 is 2.53 bits per heavy atom. The van der Waals surface area contributed by atoms with Gasteiger partial charge in [-0.2, -0.15) is 0 Å². The molecule has 0 N–H and O–H groups in total. The van der Waals surface area contributed by atoms with Gasteiger partial charge in [-0.15, -0.1) is 0 Å². The standard InChI is InChI=1S/C14H19NO4/c1-10-5-6-12(18-3)11(7-10)9-15(2)13(16)8-14(17)19-4/h5-7H,8-9H2,1-4H3. The zero-order valence-electron chi connectivity index (χ0n) is 11.7. The predicted octanol–water partition coefficient (Wildman–Crippen LogP) is 1.53. The van der Waals surface area contributed by atoms with Crippen molar-refractivity contribution in [2.45, 2.75) is 19.9 Å². The Balaban J connectivity index is 2.76. The summed E-state index contributed by atoms with van der Waals surface area (Å²) in [4.78, 5) is 24.3. The summed E-state index contributed by atoms with van der Waals surface area (Å²) in [5.74, 6) is -0.0909. The van der Waals surface area contributed by atoms with E-state index < -0.39 is 5.97 Å². The monoisotopic (exact) mass is 265 g/mol. The summed E-state index contributed by atoms with van der Waals surface area (Å²) in [7, 11) is 4.50. The third-order valence-electron chi connectivity index (χ3n) is 2.79. The topological polar surface area (TPSA) is 55.8 Å². The molecule has 1 rings (SSSR count). The summed E-state index contributed by atoms with van der Waals surface area (Å²) in [6, 6.07) is 5.77. The number of hydrogen-bond acceptors (Lipinski definition) is 4. The number of amides is 1. The number of hydrogen-bond donors (Lipinski definition) is 0. The van der Waals surface area contributed by atoms with Gasteiger partial charge in [0.25, 0.3) is 0 Å². The fourth-order valence-corrected chi connectivity index (χ4v) is 1.71. The first-order valence-electron chi connectivity index (χ1n) is 5.92. The van der Waals surface area contributed by atoms with Gasteiger partial charge in [-0.25, -0.2) is 0 Å². The lowest BCUT2D eigenvalue weighted by molar-refractivity contribution is -0.146. The minimum Gasteiger partial charge on any atom is -0.496 e. The first-order chi connectivity index (χ1) is 8.97. The number of methoxy groups -OCH3 is 2. The van der Waals surface area contributed by atoms with Gasteiger partial charge in [0.15, 0.2) is 0 Å². The van der Waals surface area contributed by atoms with Crippen molar-refractivity contribution in [3.05, 3.63) is 29.3 Å². The molecular weight excluding hydrogens is 246 g/mol. The molecule has 0 aliphatic rings. The van der Waals surface area contributed by atoms with Crippen LogP contribution in [0.2, 0.25) is 0 Å². The van der Waals surface area contributed by atoms with Gasteiger partial charge in [0.05, 0.1) is 14.2 Å². The molecule has 104 valence electrons. The summed E-state index contributed by atoms with van der Waals surface area (Å²) in [5.41, 5.74) is 1.99. The third-order valence-corrected chi connectivity index (χ3v) is 2.79. The SMILES string of the molecule is COC(=O)CC(=O)N(C)Cc1cc(C)ccc1OC. The van der Waals surface area contributed by atoms with Crippen LogP contribution in [0.25, 0.3) is 0 Å². The van der Waals surface area contributed by atoms with Gasteiger partial charge in [-0.3, -0.25) is 9.59 Å². The Kier molecular flexibility index (Phi) is 5.36. The highest BCUT2D eigenvalue weighted by atomic mass is 16.5. The molecule has 0 aliphatic carbocycles. The predicted molar refractivity (Wildman–Crippen MR) is 70.8 cm³/mol. The van der Waals surface area contributed by atoms with Gasteiger partial charge in [-0.1, -0.05) is 17.7 Å². The fraction of sp³-hybridized carbons (Fsp3) is 0.429. The molecule has 5 heteroatoms. The highest BCUT2D eigenvalue weighted by Crippen LogP contribution is 2.21. The van der Waals surface area contributed by atoms with E-state index in [0.717, 1.165) is 16.9 Å². The smallest absolute Gasteiger partial charge is 0.315 e. The summed E-state index contributed by atoms with van der Waals surface area (Å²) in [6.45, 7) is 2.36. The highest BCUT2D eigenvalue weighted by Gasteiger charge is 2.16. The van der Waals surface area contributed by atoms with E-state index in [4.69, 9.17) is 4.74 Å². The second-order valence-electron chi connectivity index (χ2n) is 4.32. The molecule has 0 saturated heterocycles. The zero-order chi connectivity index (χ0) is 14.4. The summed E-state index contributed by atoms with van der Waals surface area (Å²) < 4.78 is 9.73. The molecule has 0 unspecified atom stereocenters. The summed E-state index contributed by atoms with van der Waals surface area (Å²) >= 11 is 0. The molecule has 0 atom stereocenters. The van der Waals surface area contributed by atoms with E-state index in [1.54, 1.807) is 14.2 Å². The van der Waals surface area contributed by atoms with Crippen LogP contribution in [0.5, 0.6) is 5.75 Å². The molecule has 0 aromatic heterocycles. The van der Waals surface area contributed by atoms with Gasteiger partial charge < -0.3 is 14.4 Å². The van der Waals surface area contributed by atoms with Gasteiger partial charge in [0, 0.05) is 19.2 Å². The molecule has 1 aromatic carbocycles. The Bertz CT molecular complexity index is 471. The van der Waals surface area contributed by atoms with E-state index in [2.05, 4.69) is 4.74 Å². The number of carbonyl (C=O) groups is 2. The van der Waals surface area contributed by atoms with Crippen LogP contribution in [0.1, 0.15) is 17.5 Å². The van der Waals surface area contributed by atoms with Crippen molar-refractivity contribution in [1.82, 2.24) is 4.90 Å². The normalized spacial score (nSPS) is 9.89. The lowest BCUT2D eigenvalue weighted by Crippen LogP contribution is -2.28. The molecule has 0 fully saturated rings. The summed E-state index contributed by atoms with van der Waals surface area (Å²) in [6.07, 6.45) is -0.249. The average Bonchev–Trinajstić information content (AvgIpc) is 2.38. The molecule has 0 radical (unpaired) electrons. The number of benzene rings is 1. The summed E-state index contributed by atoms with van der Waals surface area (Å²) in [5, 5.41) is 0. The molecule has 0 spiro atoms. The Hall–Kier alpha value is -2.04. The number of carbonyl (C=O) groups excluding carboxylic acids is 2. The van der Waals surface area contributed by atoms with Crippen LogP contribution in [0.4, 0.5) is 0 Å². The van der Waals surface area contributed by atoms with Crippen molar-refractivity contribution < 1.29 is 19.1 Å². The lowest BCUT2D eigenvalue weighted by Gasteiger charge is -2.18.